The van der Waals surface area contributed by atoms with Gasteiger partial charge in [-0.05, 0) is 50.3 Å². The Morgan fingerprint density at radius 2 is 1.96 bits per heavy atom. The lowest BCUT2D eigenvalue weighted by molar-refractivity contribution is 0.0731. The molecule has 0 saturated heterocycles. The van der Waals surface area contributed by atoms with Crippen LogP contribution in [0.4, 0.5) is 0 Å². The zero-order chi connectivity index (χ0) is 16.8. The van der Waals surface area contributed by atoms with Crippen molar-refractivity contribution in [1.82, 2.24) is 14.8 Å². The Hall–Kier alpha value is -2.40. The van der Waals surface area contributed by atoms with Crippen molar-refractivity contribution in [1.29, 1.82) is 0 Å². The van der Waals surface area contributed by atoms with Crippen molar-refractivity contribution < 1.29 is 9.90 Å². The smallest absolute Gasteiger partial charge is 0.255 e. The van der Waals surface area contributed by atoms with Gasteiger partial charge in [-0.25, -0.2) is 0 Å². The number of rotatable bonds is 6. The highest BCUT2D eigenvalue weighted by Gasteiger charge is 2.17. The summed E-state index contributed by atoms with van der Waals surface area (Å²) in [6, 6.07) is 8.85. The number of carbonyl (C=O) groups excluding carboxylic acids is 1. The number of hydrogen-bond acceptors (Lipinski definition) is 4. The molecule has 122 valence electrons. The van der Waals surface area contributed by atoms with Crippen LogP contribution in [-0.2, 0) is 6.54 Å². The van der Waals surface area contributed by atoms with E-state index in [4.69, 9.17) is 0 Å². The Morgan fingerprint density at radius 3 is 2.61 bits per heavy atom. The van der Waals surface area contributed by atoms with E-state index in [0.717, 1.165) is 17.7 Å². The molecule has 1 amide bonds. The summed E-state index contributed by atoms with van der Waals surface area (Å²) in [5.74, 6) is 0.158. The number of pyridine rings is 1. The van der Waals surface area contributed by atoms with E-state index in [1.165, 1.54) is 0 Å². The van der Waals surface area contributed by atoms with Gasteiger partial charge < -0.3 is 14.9 Å². The van der Waals surface area contributed by atoms with Gasteiger partial charge in [0.1, 0.15) is 5.75 Å². The normalized spacial score (nSPS) is 10.8. The van der Waals surface area contributed by atoms with Crippen LogP contribution in [0, 0.1) is 6.92 Å². The lowest BCUT2D eigenvalue weighted by Crippen LogP contribution is -2.36. The van der Waals surface area contributed by atoms with Crippen molar-refractivity contribution in [3.05, 3.63) is 59.4 Å². The number of hydrogen-bond donors (Lipinski definition) is 1. The van der Waals surface area contributed by atoms with E-state index in [-0.39, 0.29) is 11.7 Å². The van der Waals surface area contributed by atoms with E-state index in [1.807, 2.05) is 38.1 Å². The molecule has 0 radical (unpaired) electrons. The molecule has 1 N–H and O–H groups in total. The minimum absolute atomic E-state index is 0.0496. The molecule has 0 fully saturated rings. The number of carbonyl (C=O) groups is 1. The van der Waals surface area contributed by atoms with Crippen molar-refractivity contribution in [2.45, 2.75) is 13.5 Å². The van der Waals surface area contributed by atoms with Crippen LogP contribution in [0.2, 0.25) is 0 Å². The van der Waals surface area contributed by atoms with Crippen LogP contribution in [0.5, 0.6) is 5.75 Å². The van der Waals surface area contributed by atoms with Gasteiger partial charge in [0.15, 0.2) is 0 Å². The number of benzene rings is 1. The van der Waals surface area contributed by atoms with Crippen molar-refractivity contribution in [3.63, 3.8) is 0 Å². The van der Waals surface area contributed by atoms with Gasteiger partial charge in [0.25, 0.3) is 5.91 Å². The van der Waals surface area contributed by atoms with Crippen LogP contribution >= 0.6 is 0 Å². The molecule has 0 saturated carbocycles. The highest BCUT2D eigenvalue weighted by atomic mass is 16.3. The molecule has 0 aliphatic carbocycles. The number of phenols is 1. The molecule has 0 atom stereocenters. The third kappa shape index (κ3) is 5.07. The Kier molecular flexibility index (Phi) is 5.71. The van der Waals surface area contributed by atoms with Crippen molar-refractivity contribution >= 4 is 5.91 Å². The van der Waals surface area contributed by atoms with Crippen LogP contribution < -0.4 is 0 Å². The van der Waals surface area contributed by atoms with Crippen LogP contribution in [0.3, 0.4) is 0 Å². The molecule has 0 bridgehead atoms. The predicted molar refractivity (Wildman–Crippen MR) is 90.4 cm³/mol. The van der Waals surface area contributed by atoms with Gasteiger partial charge in [0.05, 0.1) is 5.56 Å². The van der Waals surface area contributed by atoms with Gasteiger partial charge >= 0.3 is 0 Å². The van der Waals surface area contributed by atoms with Crippen LogP contribution in [0.1, 0.15) is 21.5 Å². The number of nitrogens with zero attached hydrogens (tertiary/aromatic N) is 3. The third-order valence-electron chi connectivity index (χ3n) is 3.51. The molecule has 23 heavy (non-hydrogen) atoms. The minimum Gasteiger partial charge on any atom is -0.508 e. The minimum atomic E-state index is -0.0496. The van der Waals surface area contributed by atoms with E-state index in [2.05, 4.69) is 4.98 Å². The molecule has 1 aromatic heterocycles. The lowest BCUT2D eigenvalue weighted by Gasteiger charge is -2.24. The maximum Gasteiger partial charge on any atom is 0.255 e. The largest absolute Gasteiger partial charge is 0.508 e. The van der Waals surface area contributed by atoms with Crippen molar-refractivity contribution in [3.8, 4) is 5.75 Å². The first-order chi connectivity index (χ1) is 11.0. The summed E-state index contributed by atoms with van der Waals surface area (Å²) >= 11 is 0. The number of likely N-dealkylation sites (N-methyl/N-ethyl adjacent to an activating group) is 1. The van der Waals surface area contributed by atoms with Gasteiger partial charge in [-0.2, -0.15) is 0 Å². The summed E-state index contributed by atoms with van der Waals surface area (Å²) < 4.78 is 0. The average molecular weight is 313 g/mol. The Balaban J connectivity index is 2.20. The fraction of sp³-hybridized carbons (Fsp3) is 0.333. The van der Waals surface area contributed by atoms with E-state index in [0.29, 0.717) is 18.7 Å². The number of amides is 1. The van der Waals surface area contributed by atoms with Crippen molar-refractivity contribution in [2.24, 2.45) is 0 Å². The summed E-state index contributed by atoms with van der Waals surface area (Å²) in [5.41, 5.74) is 2.45. The fourth-order valence-corrected chi connectivity index (χ4v) is 2.30. The van der Waals surface area contributed by atoms with Crippen LogP contribution in [0.25, 0.3) is 0 Å². The molecule has 5 nitrogen and oxygen atoms in total. The molecule has 2 aromatic rings. The molecule has 2 rings (SSSR count). The first-order valence-corrected chi connectivity index (χ1v) is 7.59. The van der Waals surface area contributed by atoms with Gasteiger partial charge in [-0.15, -0.1) is 0 Å². The summed E-state index contributed by atoms with van der Waals surface area (Å²) in [6.45, 7) is 3.75. The first-order valence-electron chi connectivity index (χ1n) is 7.59. The Labute approximate surface area is 137 Å². The van der Waals surface area contributed by atoms with Gasteiger partial charge in [-0.1, -0.05) is 12.1 Å². The zero-order valence-electron chi connectivity index (χ0n) is 13.9. The first kappa shape index (κ1) is 17.0. The molecule has 0 unspecified atom stereocenters. The molecular formula is C18H23N3O2. The van der Waals surface area contributed by atoms with Gasteiger partial charge in [0.2, 0.25) is 0 Å². The quantitative estimate of drug-likeness (QED) is 0.889. The average Bonchev–Trinajstić information content (AvgIpc) is 2.50. The zero-order valence-corrected chi connectivity index (χ0v) is 13.9. The van der Waals surface area contributed by atoms with E-state index >= 15 is 0 Å². The second kappa shape index (κ2) is 7.74. The van der Waals surface area contributed by atoms with Gasteiger partial charge in [0, 0.05) is 32.0 Å². The number of aromatic nitrogens is 1. The second-order valence-electron chi connectivity index (χ2n) is 5.95. The number of aromatic hydroxyl groups is 1. The Bertz CT molecular complexity index is 671. The standard InChI is InChI=1S/C18H23N3O2/c1-14-9-16(12-19-11-14)18(23)21(8-7-20(2)3)13-15-5-4-6-17(22)10-15/h4-6,9-12,22H,7-8,13H2,1-3H3. The van der Waals surface area contributed by atoms with Crippen LogP contribution in [-0.4, -0.2) is 53.0 Å². The maximum absolute atomic E-state index is 12.8. The molecular weight excluding hydrogens is 290 g/mol. The summed E-state index contributed by atoms with van der Waals surface area (Å²) in [7, 11) is 3.95. The monoisotopic (exact) mass is 313 g/mol. The molecule has 0 aliphatic heterocycles. The van der Waals surface area contributed by atoms with E-state index in [1.54, 1.807) is 35.5 Å². The summed E-state index contributed by atoms with van der Waals surface area (Å²) in [5, 5.41) is 9.61. The van der Waals surface area contributed by atoms with Crippen molar-refractivity contribution in [2.75, 3.05) is 27.2 Å². The molecule has 0 spiro atoms. The highest BCUT2D eigenvalue weighted by molar-refractivity contribution is 5.94. The summed E-state index contributed by atoms with van der Waals surface area (Å²) in [4.78, 5) is 20.7. The maximum atomic E-state index is 12.8. The second-order valence-corrected chi connectivity index (χ2v) is 5.95. The number of phenolic OH excluding ortho intramolecular Hbond substituents is 1. The topological polar surface area (TPSA) is 56.7 Å². The SMILES string of the molecule is Cc1cncc(C(=O)N(CCN(C)C)Cc2cccc(O)c2)c1. The third-order valence-corrected chi connectivity index (χ3v) is 3.51. The lowest BCUT2D eigenvalue weighted by atomic mass is 10.1. The molecule has 1 heterocycles. The molecule has 0 aliphatic rings. The summed E-state index contributed by atoms with van der Waals surface area (Å²) in [6.07, 6.45) is 3.33. The van der Waals surface area contributed by atoms with Gasteiger partial charge in [-0.3, -0.25) is 9.78 Å². The van der Waals surface area contributed by atoms with E-state index < -0.39 is 0 Å². The predicted octanol–water partition coefficient (Wildman–Crippen LogP) is 2.30. The van der Waals surface area contributed by atoms with Crippen LogP contribution in [0.15, 0.2) is 42.7 Å². The highest BCUT2D eigenvalue weighted by Crippen LogP contribution is 2.15. The number of aryl methyl sites for hydroxylation is 1. The molecule has 1 aromatic carbocycles. The fourth-order valence-electron chi connectivity index (χ4n) is 2.30. The Morgan fingerprint density at radius 1 is 1.17 bits per heavy atom. The molecule has 5 heteroatoms. The van der Waals surface area contributed by atoms with E-state index in [9.17, 15) is 9.90 Å².